The summed E-state index contributed by atoms with van der Waals surface area (Å²) in [5, 5.41) is 8.99. The van der Waals surface area contributed by atoms with Crippen molar-refractivity contribution in [3.05, 3.63) is 24.3 Å². The van der Waals surface area contributed by atoms with E-state index in [-0.39, 0.29) is 16.6 Å². The van der Waals surface area contributed by atoms with E-state index in [1.54, 1.807) is 12.1 Å². The first kappa shape index (κ1) is 20.0. The van der Waals surface area contributed by atoms with E-state index in [0.29, 0.717) is 0 Å². The Balaban J connectivity index is 2.88. The molecule has 0 aliphatic carbocycles. The van der Waals surface area contributed by atoms with Gasteiger partial charge in [0.15, 0.2) is 4.90 Å². The number of hydrogen-bond acceptors (Lipinski definition) is 2. The molecule has 0 aliphatic heterocycles. The van der Waals surface area contributed by atoms with Crippen molar-refractivity contribution in [3.63, 3.8) is 0 Å². The molecule has 0 saturated carbocycles. The van der Waals surface area contributed by atoms with Gasteiger partial charge in [0.1, 0.15) is 23.9 Å². The largest absolute Gasteiger partial charge is 0.490 e. The fourth-order valence-electron chi connectivity index (χ4n) is 1.78. The SMILES string of the molecule is CC[S+](CC)c1ccc(OCC(O)(C(F)(F)F)C(F)(F)F)cc1. The van der Waals surface area contributed by atoms with E-state index in [9.17, 15) is 26.3 Å². The fraction of sp³-hybridized carbons (Fsp3) is 0.571. The third-order valence-corrected chi connectivity index (χ3v) is 5.57. The lowest BCUT2D eigenvalue weighted by Crippen LogP contribution is -2.60. The summed E-state index contributed by atoms with van der Waals surface area (Å²) in [7, 11) is -0.0242. The van der Waals surface area contributed by atoms with E-state index in [0.717, 1.165) is 16.4 Å². The summed E-state index contributed by atoms with van der Waals surface area (Å²) in [5.41, 5.74) is -4.91. The average Bonchev–Trinajstić information content (AvgIpc) is 2.45. The Kier molecular flexibility index (Phi) is 6.25. The van der Waals surface area contributed by atoms with Gasteiger partial charge in [-0.25, -0.2) is 0 Å². The Morgan fingerprint density at radius 3 is 1.70 bits per heavy atom. The average molecular weight is 363 g/mol. The fourth-order valence-corrected chi connectivity index (χ4v) is 3.37. The van der Waals surface area contributed by atoms with Gasteiger partial charge in [-0.1, -0.05) is 0 Å². The van der Waals surface area contributed by atoms with Gasteiger partial charge in [0, 0.05) is 10.9 Å². The smallest absolute Gasteiger partial charge is 0.429 e. The molecule has 0 unspecified atom stereocenters. The Morgan fingerprint density at radius 2 is 1.35 bits per heavy atom. The van der Waals surface area contributed by atoms with Gasteiger partial charge in [0.2, 0.25) is 0 Å². The van der Waals surface area contributed by atoms with Gasteiger partial charge in [0.05, 0.1) is 0 Å². The highest BCUT2D eigenvalue weighted by Gasteiger charge is 2.71. The van der Waals surface area contributed by atoms with Gasteiger partial charge in [-0.05, 0) is 38.1 Å². The number of benzene rings is 1. The molecular weight excluding hydrogens is 346 g/mol. The number of alkyl halides is 6. The van der Waals surface area contributed by atoms with E-state index in [2.05, 4.69) is 4.74 Å². The molecule has 0 aliphatic rings. The van der Waals surface area contributed by atoms with Crippen molar-refractivity contribution in [3.8, 4) is 5.75 Å². The molecule has 0 amide bonds. The van der Waals surface area contributed by atoms with Crippen molar-refractivity contribution in [2.45, 2.75) is 36.7 Å². The van der Waals surface area contributed by atoms with Crippen LogP contribution in [-0.2, 0) is 10.9 Å². The molecule has 1 aromatic rings. The van der Waals surface area contributed by atoms with Crippen LogP contribution >= 0.6 is 0 Å². The summed E-state index contributed by atoms with van der Waals surface area (Å²) in [6.45, 7) is 2.03. The predicted molar refractivity (Wildman–Crippen MR) is 75.7 cm³/mol. The first-order valence-corrected chi connectivity index (χ1v) is 8.28. The quantitative estimate of drug-likeness (QED) is 0.613. The molecular formula is C14H17F6O2S+. The van der Waals surface area contributed by atoms with Crippen LogP contribution in [0.25, 0.3) is 0 Å². The van der Waals surface area contributed by atoms with Crippen LogP contribution in [0, 0.1) is 0 Å². The van der Waals surface area contributed by atoms with Crippen LogP contribution in [0.3, 0.4) is 0 Å². The molecule has 2 nitrogen and oxygen atoms in total. The molecule has 0 heterocycles. The standard InChI is InChI=1S/C14H17F6O2S/c1-3-23(4-2)11-7-5-10(6-8-11)22-9-12(21,13(15,16)17)14(18,19)20/h5-8,21H,3-4,9H2,1-2H3/q+1. The lowest BCUT2D eigenvalue weighted by atomic mass is 10.0. The Labute approximate surface area is 132 Å². The van der Waals surface area contributed by atoms with E-state index in [1.807, 2.05) is 13.8 Å². The van der Waals surface area contributed by atoms with Crippen LogP contribution in [-0.4, -0.2) is 41.2 Å². The van der Waals surface area contributed by atoms with Crippen molar-refractivity contribution in [1.29, 1.82) is 0 Å². The summed E-state index contributed by atoms with van der Waals surface area (Å²) >= 11 is 0. The monoisotopic (exact) mass is 363 g/mol. The maximum absolute atomic E-state index is 12.5. The Hall–Kier alpha value is -1.09. The third kappa shape index (κ3) is 4.47. The molecule has 0 radical (unpaired) electrons. The molecule has 132 valence electrons. The highest BCUT2D eigenvalue weighted by Crippen LogP contribution is 2.43. The van der Waals surface area contributed by atoms with Crippen LogP contribution in [0.1, 0.15) is 13.8 Å². The molecule has 9 heteroatoms. The third-order valence-electron chi connectivity index (χ3n) is 3.24. The first-order valence-electron chi connectivity index (χ1n) is 6.72. The van der Waals surface area contributed by atoms with Crippen molar-refractivity contribution >= 4 is 10.9 Å². The first-order chi connectivity index (χ1) is 10.5. The van der Waals surface area contributed by atoms with Gasteiger partial charge in [-0.15, -0.1) is 0 Å². The van der Waals surface area contributed by atoms with Crippen LogP contribution in [0.5, 0.6) is 5.75 Å². The minimum absolute atomic E-state index is 0.0242. The minimum Gasteiger partial charge on any atom is -0.490 e. The maximum atomic E-state index is 12.5. The summed E-state index contributed by atoms with van der Waals surface area (Å²) in [6.07, 6.45) is -11.8. The maximum Gasteiger partial charge on any atom is 0.429 e. The van der Waals surface area contributed by atoms with Crippen LogP contribution in [0.2, 0.25) is 0 Å². The molecule has 1 aromatic carbocycles. The Morgan fingerprint density at radius 1 is 0.913 bits per heavy atom. The van der Waals surface area contributed by atoms with Gasteiger partial charge in [-0.3, -0.25) is 0 Å². The number of rotatable bonds is 6. The molecule has 0 aromatic heterocycles. The zero-order valence-corrected chi connectivity index (χ0v) is 13.3. The van der Waals surface area contributed by atoms with Gasteiger partial charge in [-0.2, -0.15) is 26.3 Å². The molecule has 0 atom stereocenters. The number of hydrogen-bond donors (Lipinski definition) is 1. The van der Waals surface area contributed by atoms with Crippen molar-refractivity contribution in [1.82, 2.24) is 0 Å². The van der Waals surface area contributed by atoms with E-state index in [1.165, 1.54) is 12.1 Å². The molecule has 0 fully saturated rings. The van der Waals surface area contributed by atoms with Gasteiger partial charge < -0.3 is 9.84 Å². The summed E-state index contributed by atoms with van der Waals surface area (Å²) in [6, 6.07) is 5.80. The van der Waals surface area contributed by atoms with E-state index >= 15 is 0 Å². The second-order valence-corrected chi connectivity index (χ2v) is 7.30. The summed E-state index contributed by atoms with van der Waals surface area (Å²) in [4.78, 5) is 0.948. The second-order valence-electron chi connectivity index (χ2n) is 4.69. The van der Waals surface area contributed by atoms with Gasteiger partial charge >= 0.3 is 12.4 Å². The van der Waals surface area contributed by atoms with Crippen LogP contribution in [0.4, 0.5) is 26.3 Å². The number of ether oxygens (including phenoxy) is 1. The summed E-state index contributed by atoms with van der Waals surface area (Å²) < 4.78 is 79.6. The lowest BCUT2D eigenvalue weighted by Gasteiger charge is -2.31. The van der Waals surface area contributed by atoms with Crippen molar-refractivity contribution < 1.29 is 36.2 Å². The normalized spacial score (nSPS) is 13.5. The van der Waals surface area contributed by atoms with Crippen LogP contribution in [0.15, 0.2) is 29.2 Å². The van der Waals surface area contributed by atoms with E-state index in [4.69, 9.17) is 5.11 Å². The number of halogens is 6. The molecule has 23 heavy (non-hydrogen) atoms. The lowest BCUT2D eigenvalue weighted by molar-refractivity contribution is -0.373. The summed E-state index contributed by atoms with van der Waals surface area (Å²) in [5.74, 6) is 1.61. The number of aliphatic hydroxyl groups is 1. The Bertz CT molecular complexity index is 479. The molecule has 1 N–H and O–H groups in total. The molecule has 0 bridgehead atoms. The zero-order chi connectivity index (χ0) is 17.9. The van der Waals surface area contributed by atoms with Gasteiger partial charge in [0.25, 0.3) is 5.60 Å². The minimum atomic E-state index is -5.89. The van der Waals surface area contributed by atoms with Crippen LogP contribution < -0.4 is 4.74 Å². The molecule has 0 saturated heterocycles. The predicted octanol–water partition coefficient (Wildman–Crippen LogP) is 3.94. The highest BCUT2D eigenvalue weighted by atomic mass is 32.2. The topological polar surface area (TPSA) is 29.5 Å². The molecule has 0 spiro atoms. The second kappa shape index (κ2) is 7.21. The van der Waals surface area contributed by atoms with Crippen molar-refractivity contribution in [2.75, 3.05) is 18.1 Å². The highest BCUT2D eigenvalue weighted by molar-refractivity contribution is 7.96. The van der Waals surface area contributed by atoms with Crippen molar-refractivity contribution in [2.24, 2.45) is 0 Å². The van der Waals surface area contributed by atoms with E-state index < -0.39 is 24.6 Å². The molecule has 1 rings (SSSR count). The zero-order valence-electron chi connectivity index (χ0n) is 12.5.